The number of benzene rings is 1. The number of amides is 1. The Morgan fingerprint density at radius 2 is 1.90 bits per heavy atom. The first-order chi connectivity index (χ1) is 9.19. The van der Waals surface area contributed by atoms with E-state index in [0.29, 0.717) is 0 Å². The molecule has 0 heterocycles. The Kier molecular flexibility index (Phi) is 4.79. The number of carbonyl (C=O) groups excluding carboxylic acids is 1. The van der Waals surface area contributed by atoms with Crippen molar-refractivity contribution < 1.29 is 18.7 Å². The molecule has 0 fully saturated rings. The number of hydrogen-bond donors (Lipinski definition) is 1. The lowest BCUT2D eigenvalue weighted by Gasteiger charge is -2.28. The van der Waals surface area contributed by atoms with Gasteiger partial charge in [0.1, 0.15) is 17.2 Å². The van der Waals surface area contributed by atoms with Crippen molar-refractivity contribution in [2.45, 2.75) is 26.4 Å². The van der Waals surface area contributed by atoms with Crippen molar-refractivity contribution in [3.63, 3.8) is 0 Å². The third-order valence-corrected chi connectivity index (χ3v) is 2.63. The van der Waals surface area contributed by atoms with Crippen LogP contribution < -0.4 is 0 Å². The van der Waals surface area contributed by atoms with Gasteiger partial charge in [-0.05, 0) is 32.9 Å². The number of nitriles is 1. The number of aliphatic hydroxyl groups is 1. The lowest BCUT2D eigenvalue weighted by atomic mass is 10.1. The highest BCUT2D eigenvalue weighted by molar-refractivity contribution is 5.95. The molecule has 1 aromatic carbocycles. The monoisotopic (exact) mass is 282 g/mol. The van der Waals surface area contributed by atoms with Gasteiger partial charge in [0.25, 0.3) is 5.91 Å². The SMILES string of the molecule is CCN(CC(C)(C)O)C(=O)c1c(F)cc(C#N)cc1F. The van der Waals surface area contributed by atoms with Crippen LogP contribution in [0.2, 0.25) is 0 Å². The summed E-state index contributed by atoms with van der Waals surface area (Å²) in [5.41, 5.74) is -2.08. The van der Waals surface area contributed by atoms with E-state index < -0.39 is 28.7 Å². The van der Waals surface area contributed by atoms with Crippen molar-refractivity contribution in [3.8, 4) is 6.07 Å². The van der Waals surface area contributed by atoms with E-state index in [1.54, 1.807) is 13.0 Å². The summed E-state index contributed by atoms with van der Waals surface area (Å²) >= 11 is 0. The van der Waals surface area contributed by atoms with E-state index in [0.717, 1.165) is 17.0 Å². The number of halogens is 2. The van der Waals surface area contributed by atoms with E-state index in [9.17, 15) is 18.7 Å². The quantitative estimate of drug-likeness (QED) is 0.919. The zero-order valence-electron chi connectivity index (χ0n) is 11.6. The summed E-state index contributed by atoms with van der Waals surface area (Å²) in [6, 6.07) is 3.24. The average Bonchev–Trinajstić information content (AvgIpc) is 2.33. The van der Waals surface area contributed by atoms with Gasteiger partial charge in [0, 0.05) is 13.1 Å². The molecular weight excluding hydrogens is 266 g/mol. The molecule has 0 aliphatic carbocycles. The molecule has 0 aliphatic heterocycles. The Hall–Kier alpha value is -2.00. The highest BCUT2D eigenvalue weighted by Crippen LogP contribution is 2.18. The fraction of sp³-hybridized carbons (Fsp3) is 0.429. The van der Waals surface area contributed by atoms with Crippen molar-refractivity contribution in [1.82, 2.24) is 4.90 Å². The summed E-state index contributed by atoms with van der Waals surface area (Å²) in [6.07, 6.45) is 0. The van der Waals surface area contributed by atoms with E-state index in [-0.39, 0.29) is 18.7 Å². The van der Waals surface area contributed by atoms with E-state index >= 15 is 0 Å². The smallest absolute Gasteiger partial charge is 0.259 e. The molecule has 108 valence electrons. The van der Waals surface area contributed by atoms with E-state index in [1.165, 1.54) is 13.8 Å². The molecule has 0 aliphatic rings. The molecule has 1 amide bonds. The van der Waals surface area contributed by atoms with E-state index in [1.807, 2.05) is 0 Å². The Morgan fingerprint density at radius 3 is 2.25 bits per heavy atom. The second-order valence-corrected chi connectivity index (χ2v) is 5.06. The van der Waals surface area contributed by atoms with E-state index in [4.69, 9.17) is 5.26 Å². The Morgan fingerprint density at radius 1 is 1.40 bits per heavy atom. The van der Waals surface area contributed by atoms with Crippen LogP contribution in [0.15, 0.2) is 12.1 Å². The predicted molar refractivity (Wildman–Crippen MR) is 68.9 cm³/mol. The minimum absolute atomic E-state index is 0.0544. The van der Waals surface area contributed by atoms with Crippen LogP contribution in [-0.4, -0.2) is 34.6 Å². The first-order valence-electron chi connectivity index (χ1n) is 6.10. The van der Waals surface area contributed by atoms with Crippen LogP contribution in [0.1, 0.15) is 36.7 Å². The Bertz CT molecular complexity index is 536. The summed E-state index contributed by atoms with van der Waals surface area (Å²) in [6.45, 7) is 4.77. The maximum absolute atomic E-state index is 13.8. The van der Waals surface area contributed by atoms with Gasteiger partial charge in [0.05, 0.1) is 17.2 Å². The molecule has 0 bridgehead atoms. The standard InChI is InChI=1S/C14H16F2N2O2/c1-4-18(8-14(2,3)20)13(19)12-10(15)5-9(7-17)6-11(12)16/h5-6,20H,4,8H2,1-3H3. The number of nitrogens with zero attached hydrogens (tertiary/aromatic N) is 2. The van der Waals surface area contributed by atoms with Crippen molar-refractivity contribution in [2.75, 3.05) is 13.1 Å². The summed E-state index contributed by atoms with van der Waals surface area (Å²) < 4.78 is 27.6. The summed E-state index contributed by atoms with van der Waals surface area (Å²) in [5.74, 6) is -3.02. The molecule has 1 aromatic rings. The normalized spacial score (nSPS) is 11.1. The van der Waals surface area contributed by atoms with Gasteiger partial charge in [-0.25, -0.2) is 8.78 Å². The lowest BCUT2D eigenvalue weighted by Crippen LogP contribution is -2.42. The van der Waals surface area contributed by atoms with Gasteiger partial charge in [0.2, 0.25) is 0 Å². The number of carbonyl (C=O) groups is 1. The molecular formula is C14H16F2N2O2. The molecule has 6 heteroatoms. The van der Waals surface area contributed by atoms with Crippen LogP contribution in [0.5, 0.6) is 0 Å². The molecule has 1 N–H and O–H groups in total. The van der Waals surface area contributed by atoms with Crippen molar-refractivity contribution in [3.05, 3.63) is 34.9 Å². The number of rotatable bonds is 4. The minimum Gasteiger partial charge on any atom is -0.389 e. The molecule has 4 nitrogen and oxygen atoms in total. The molecule has 1 rings (SSSR count). The first-order valence-corrected chi connectivity index (χ1v) is 6.10. The average molecular weight is 282 g/mol. The highest BCUT2D eigenvalue weighted by atomic mass is 19.1. The van der Waals surface area contributed by atoms with Gasteiger partial charge < -0.3 is 10.0 Å². The molecule has 0 aromatic heterocycles. The molecule has 0 atom stereocenters. The summed E-state index contributed by atoms with van der Waals surface area (Å²) in [7, 11) is 0. The molecule has 0 unspecified atom stereocenters. The maximum atomic E-state index is 13.8. The third-order valence-electron chi connectivity index (χ3n) is 2.63. The number of hydrogen-bond acceptors (Lipinski definition) is 3. The molecule has 20 heavy (non-hydrogen) atoms. The fourth-order valence-corrected chi connectivity index (χ4v) is 1.79. The summed E-state index contributed by atoms with van der Waals surface area (Å²) in [4.78, 5) is 13.3. The Labute approximate surface area is 116 Å². The van der Waals surface area contributed by atoms with Gasteiger partial charge in [-0.1, -0.05) is 0 Å². The Balaban J connectivity index is 3.17. The first kappa shape index (κ1) is 16.1. The van der Waals surface area contributed by atoms with Crippen LogP contribution in [0, 0.1) is 23.0 Å². The van der Waals surface area contributed by atoms with Gasteiger partial charge >= 0.3 is 0 Å². The van der Waals surface area contributed by atoms with Crippen LogP contribution in [0.3, 0.4) is 0 Å². The number of likely N-dealkylation sites (N-methyl/N-ethyl adjacent to an activating group) is 1. The van der Waals surface area contributed by atoms with Crippen molar-refractivity contribution in [1.29, 1.82) is 5.26 Å². The van der Waals surface area contributed by atoms with Crippen molar-refractivity contribution in [2.24, 2.45) is 0 Å². The van der Waals surface area contributed by atoms with Gasteiger partial charge in [-0.2, -0.15) is 5.26 Å². The molecule has 0 saturated carbocycles. The summed E-state index contributed by atoms with van der Waals surface area (Å²) in [5, 5.41) is 18.3. The molecule has 0 radical (unpaired) electrons. The maximum Gasteiger partial charge on any atom is 0.259 e. The van der Waals surface area contributed by atoms with Gasteiger partial charge in [-0.15, -0.1) is 0 Å². The highest BCUT2D eigenvalue weighted by Gasteiger charge is 2.27. The third kappa shape index (κ3) is 3.75. The largest absolute Gasteiger partial charge is 0.389 e. The van der Waals surface area contributed by atoms with Crippen LogP contribution in [0.4, 0.5) is 8.78 Å². The predicted octanol–water partition coefficient (Wildman–Crippen LogP) is 2.07. The zero-order valence-corrected chi connectivity index (χ0v) is 11.6. The van der Waals surface area contributed by atoms with Crippen LogP contribution in [0.25, 0.3) is 0 Å². The van der Waals surface area contributed by atoms with Crippen LogP contribution in [-0.2, 0) is 0 Å². The minimum atomic E-state index is -1.18. The second kappa shape index (κ2) is 5.97. The molecule has 0 spiro atoms. The van der Waals surface area contributed by atoms with Crippen molar-refractivity contribution >= 4 is 5.91 Å². The van der Waals surface area contributed by atoms with Crippen LogP contribution >= 0.6 is 0 Å². The van der Waals surface area contributed by atoms with Gasteiger partial charge in [-0.3, -0.25) is 4.79 Å². The fourth-order valence-electron chi connectivity index (χ4n) is 1.79. The van der Waals surface area contributed by atoms with Gasteiger partial charge in [0.15, 0.2) is 0 Å². The second-order valence-electron chi connectivity index (χ2n) is 5.06. The zero-order chi connectivity index (χ0) is 15.5. The topological polar surface area (TPSA) is 64.3 Å². The lowest BCUT2D eigenvalue weighted by molar-refractivity contribution is 0.0309. The molecule has 0 saturated heterocycles. The van der Waals surface area contributed by atoms with E-state index in [2.05, 4.69) is 0 Å².